The van der Waals surface area contributed by atoms with Crippen molar-refractivity contribution in [1.29, 1.82) is 0 Å². The summed E-state index contributed by atoms with van der Waals surface area (Å²) in [4.78, 5) is 52.7. The molecule has 1 aliphatic carbocycles. The lowest BCUT2D eigenvalue weighted by Gasteiger charge is -2.35. The molecule has 1 spiro atoms. The van der Waals surface area contributed by atoms with Crippen molar-refractivity contribution < 1.29 is 24.3 Å². The number of amides is 4. The van der Waals surface area contributed by atoms with E-state index in [1.165, 1.54) is 11.9 Å². The number of carbonyl (C=O) groups excluding carboxylic acids is 3. The number of rotatable bonds is 5. The molecule has 4 N–H and O–H groups in total. The fraction of sp³-hybridized carbons (Fsp3) is 0.524. The van der Waals surface area contributed by atoms with Crippen molar-refractivity contribution in [2.24, 2.45) is 11.7 Å². The number of hydrogen-bond donors (Lipinski definition) is 3. The Labute approximate surface area is 174 Å². The minimum absolute atomic E-state index is 0.00306. The average molecular weight is 414 g/mol. The van der Waals surface area contributed by atoms with Crippen LogP contribution in [0.2, 0.25) is 0 Å². The summed E-state index contributed by atoms with van der Waals surface area (Å²) in [5.74, 6) is -1.11. The van der Waals surface area contributed by atoms with E-state index >= 15 is 0 Å². The SMILES string of the molecule is CN(C(=O)O)[C@@H](CC1CC1)C(=O)N1CC2(CC1C(N)=O)C(=O)NCc1ccccc12. The lowest BCUT2D eigenvalue weighted by atomic mass is 9.73. The second kappa shape index (κ2) is 7.30. The van der Waals surface area contributed by atoms with E-state index in [4.69, 9.17) is 5.73 Å². The molecule has 9 heteroatoms. The first-order valence-corrected chi connectivity index (χ1v) is 10.2. The van der Waals surface area contributed by atoms with Gasteiger partial charge in [0.25, 0.3) is 0 Å². The molecule has 3 atom stereocenters. The monoisotopic (exact) mass is 414 g/mol. The van der Waals surface area contributed by atoms with E-state index in [2.05, 4.69) is 5.32 Å². The predicted molar refractivity (Wildman–Crippen MR) is 106 cm³/mol. The van der Waals surface area contributed by atoms with Crippen molar-refractivity contribution in [1.82, 2.24) is 15.1 Å². The van der Waals surface area contributed by atoms with Gasteiger partial charge in [0, 0.05) is 20.1 Å². The zero-order valence-electron chi connectivity index (χ0n) is 16.8. The van der Waals surface area contributed by atoms with Crippen LogP contribution in [0.15, 0.2) is 24.3 Å². The Morgan fingerprint density at radius 3 is 2.67 bits per heavy atom. The number of nitrogens with one attached hydrogen (secondary N) is 1. The van der Waals surface area contributed by atoms with Crippen molar-refractivity contribution in [2.75, 3.05) is 13.6 Å². The molecule has 2 fully saturated rings. The van der Waals surface area contributed by atoms with Gasteiger partial charge in [-0.05, 0) is 29.9 Å². The predicted octanol–water partition coefficient (Wildman–Crippen LogP) is 0.419. The van der Waals surface area contributed by atoms with E-state index in [0.29, 0.717) is 18.9 Å². The standard InChI is InChI=1S/C21H26N4O5/c1-24(20(29)30)15(8-12-6-7-12)18(27)25-11-21(9-16(25)17(22)26)14-5-3-2-4-13(14)10-23-19(21)28/h2-5,12,15-16H,6-11H2,1H3,(H2,22,26)(H,23,28)(H,29,30)/t15-,16?,21?/m0/s1. The molecule has 0 bridgehead atoms. The van der Waals surface area contributed by atoms with Gasteiger partial charge in [-0.1, -0.05) is 37.1 Å². The van der Waals surface area contributed by atoms with Gasteiger partial charge in [-0.15, -0.1) is 0 Å². The van der Waals surface area contributed by atoms with Crippen LogP contribution in [0.25, 0.3) is 0 Å². The minimum Gasteiger partial charge on any atom is -0.465 e. The fourth-order valence-corrected chi connectivity index (χ4v) is 4.78. The molecule has 1 saturated heterocycles. The highest BCUT2D eigenvalue weighted by molar-refractivity contribution is 5.97. The molecule has 1 aromatic carbocycles. The normalized spacial score (nSPS) is 26.1. The topological polar surface area (TPSA) is 133 Å². The average Bonchev–Trinajstić information content (AvgIpc) is 3.45. The molecule has 9 nitrogen and oxygen atoms in total. The van der Waals surface area contributed by atoms with Crippen LogP contribution in [0, 0.1) is 5.92 Å². The Bertz CT molecular complexity index is 914. The molecule has 2 aliphatic heterocycles. The number of fused-ring (bicyclic) bond motifs is 2. The quantitative estimate of drug-likeness (QED) is 0.642. The number of nitrogens with zero attached hydrogens (tertiary/aromatic N) is 2. The van der Waals surface area contributed by atoms with Crippen LogP contribution in [0.4, 0.5) is 4.79 Å². The van der Waals surface area contributed by atoms with E-state index in [0.717, 1.165) is 28.9 Å². The number of hydrogen-bond acceptors (Lipinski definition) is 4. The summed E-state index contributed by atoms with van der Waals surface area (Å²) in [7, 11) is 1.36. The number of carboxylic acid groups (broad SMARTS) is 1. The smallest absolute Gasteiger partial charge is 0.407 e. The molecular formula is C21H26N4O5. The van der Waals surface area contributed by atoms with Gasteiger partial charge in [0.2, 0.25) is 17.7 Å². The molecule has 30 heavy (non-hydrogen) atoms. The summed E-state index contributed by atoms with van der Waals surface area (Å²) >= 11 is 0. The summed E-state index contributed by atoms with van der Waals surface area (Å²) in [6, 6.07) is 5.59. The van der Waals surface area contributed by atoms with Crippen LogP contribution in [0.3, 0.4) is 0 Å². The van der Waals surface area contributed by atoms with Gasteiger partial charge < -0.3 is 21.1 Å². The highest BCUT2D eigenvalue weighted by atomic mass is 16.4. The lowest BCUT2D eigenvalue weighted by Crippen LogP contribution is -2.54. The van der Waals surface area contributed by atoms with Crippen LogP contribution in [-0.4, -0.2) is 64.4 Å². The number of benzene rings is 1. The Balaban J connectivity index is 1.71. The van der Waals surface area contributed by atoms with Gasteiger partial charge in [0.1, 0.15) is 12.1 Å². The van der Waals surface area contributed by atoms with Crippen molar-refractivity contribution in [3.63, 3.8) is 0 Å². The van der Waals surface area contributed by atoms with Crippen LogP contribution in [-0.2, 0) is 26.3 Å². The molecule has 160 valence electrons. The van der Waals surface area contributed by atoms with Crippen LogP contribution >= 0.6 is 0 Å². The number of nitrogens with two attached hydrogens (primary N) is 1. The summed E-state index contributed by atoms with van der Waals surface area (Å²) < 4.78 is 0. The zero-order chi connectivity index (χ0) is 21.6. The van der Waals surface area contributed by atoms with E-state index in [1.54, 1.807) is 0 Å². The Hall–Kier alpha value is -3.10. The fourth-order valence-electron chi connectivity index (χ4n) is 4.78. The third kappa shape index (κ3) is 3.28. The summed E-state index contributed by atoms with van der Waals surface area (Å²) in [6.07, 6.45) is 1.19. The summed E-state index contributed by atoms with van der Waals surface area (Å²) in [5.41, 5.74) is 6.29. The van der Waals surface area contributed by atoms with E-state index in [9.17, 15) is 24.3 Å². The molecule has 1 saturated carbocycles. The Kier molecular flexibility index (Phi) is 4.91. The Morgan fingerprint density at radius 2 is 2.03 bits per heavy atom. The van der Waals surface area contributed by atoms with E-state index in [1.807, 2.05) is 24.3 Å². The maximum atomic E-state index is 13.5. The van der Waals surface area contributed by atoms with Gasteiger partial charge in [-0.2, -0.15) is 0 Å². The van der Waals surface area contributed by atoms with Crippen molar-refractivity contribution in [3.8, 4) is 0 Å². The summed E-state index contributed by atoms with van der Waals surface area (Å²) in [6.45, 7) is 0.384. The first kappa shape index (κ1) is 20.2. The van der Waals surface area contributed by atoms with E-state index in [-0.39, 0.29) is 18.9 Å². The minimum atomic E-state index is -1.21. The van der Waals surface area contributed by atoms with Gasteiger partial charge >= 0.3 is 6.09 Å². The van der Waals surface area contributed by atoms with Crippen LogP contribution in [0.1, 0.15) is 36.8 Å². The molecule has 0 radical (unpaired) electrons. The van der Waals surface area contributed by atoms with Gasteiger partial charge in [0.15, 0.2) is 0 Å². The van der Waals surface area contributed by atoms with Gasteiger partial charge in [-0.3, -0.25) is 19.3 Å². The van der Waals surface area contributed by atoms with Crippen molar-refractivity contribution in [2.45, 2.75) is 49.7 Å². The molecule has 4 amide bonds. The molecule has 3 aliphatic rings. The van der Waals surface area contributed by atoms with Gasteiger partial charge in [-0.25, -0.2) is 4.79 Å². The number of likely N-dealkylation sites (tertiary alicyclic amines) is 1. The molecule has 1 aromatic rings. The van der Waals surface area contributed by atoms with Crippen molar-refractivity contribution >= 4 is 23.8 Å². The third-order valence-corrected chi connectivity index (χ3v) is 6.68. The summed E-state index contributed by atoms with van der Waals surface area (Å²) in [5, 5.41) is 12.3. The Morgan fingerprint density at radius 1 is 1.33 bits per heavy atom. The highest BCUT2D eigenvalue weighted by Gasteiger charge is 2.56. The van der Waals surface area contributed by atoms with E-state index < -0.39 is 35.4 Å². The maximum Gasteiger partial charge on any atom is 0.407 e. The molecule has 2 unspecified atom stereocenters. The molecule has 0 aromatic heterocycles. The lowest BCUT2D eigenvalue weighted by molar-refractivity contribution is -0.141. The largest absolute Gasteiger partial charge is 0.465 e. The second-order valence-electron chi connectivity index (χ2n) is 8.60. The van der Waals surface area contributed by atoms with Gasteiger partial charge in [0.05, 0.1) is 5.41 Å². The second-order valence-corrected chi connectivity index (χ2v) is 8.60. The highest BCUT2D eigenvalue weighted by Crippen LogP contribution is 2.43. The van der Waals surface area contributed by atoms with Crippen molar-refractivity contribution in [3.05, 3.63) is 35.4 Å². The first-order chi connectivity index (χ1) is 14.2. The molecule has 2 heterocycles. The zero-order valence-corrected chi connectivity index (χ0v) is 16.8. The number of primary amides is 1. The number of likely N-dealkylation sites (N-methyl/N-ethyl adjacent to an activating group) is 1. The maximum absolute atomic E-state index is 13.5. The van der Waals surface area contributed by atoms with Crippen LogP contribution < -0.4 is 11.1 Å². The molecular weight excluding hydrogens is 388 g/mol. The van der Waals surface area contributed by atoms with Crippen LogP contribution in [0.5, 0.6) is 0 Å². The first-order valence-electron chi connectivity index (χ1n) is 10.2. The third-order valence-electron chi connectivity index (χ3n) is 6.68. The number of carbonyl (C=O) groups is 4. The molecule has 4 rings (SSSR count).